The Balaban J connectivity index is 0.000000461. The van der Waals surface area contributed by atoms with Gasteiger partial charge in [-0.2, -0.15) is 0 Å². The summed E-state index contributed by atoms with van der Waals surface area (Å²) in [4.78, 5) is 11.3. The van der Waals surface area contributed by atoms with Crippen molar-refractivity contribution >= 4 is 23.6 Å². The maximum absolute atomic E-state index is 11.0. The van der Waals surface area contributed by atoms with Crippen LogP contribution in [0.2, 0.25) is 0 Å². The van der Waals surface area contributed by atoms with E-state index in [0.29, 0.717) is 10.5 Å². The maximum atomic E-state index is 11.0. The first-order chi connectivity index (χ1) is 6.77. The molecule has 14 heavy (non-hydrogen) atoms. The molecule has 0 saturated heterocycles. The summed E-state index contributed by atoms with van der Waals surface area (Å²) in [6.07, 6.45) is 0. The molecule has 0 saturated carbocycles. The van der Waals surface area contributed by atoms with Crippen LogP contribution in [0.1, 0.15) is 13.8 Å². The van der Waals surface area contributed by atoms with Crippen LogP contribution in [0.25, 0.3) is 11.0 Å². The standard InChI is InChI=1S/C9H6O2S.C2H6/c10-9-8(12)5-6-3-1-2-4-7(6)11-9;1-2/h1-5,12H;1-2H3. The molecule has 0 amide bonds. The summed E-state index contributed by atoms with van der Waals surface area (Å²) in [5.41, 5.74) is 0.206. The minimum atomic E-state index is -0.392. The molecule has 1 heterocycles. The number of benzene rings is 1. The van der Waals surface area contributed by atoms with Gasteiger partial charge in [-0.05, 0) is 12.1 Å². The maximum Gasteiger partial charge on any atom is 0.349 e. The van der Waals surface area contributed by atoms with Gasteiger partial charge in [-0.25, -0.2) is 4.79 Å². The molecule has 0 aliphatic rings. The second kappa shape index (κ2) is 4.86. The van der Waals surface area contributed by atoms with E-state index >= 15 is 0 Å². The van der Waals surface area contributed by atoms with Gasteiger partial charge in [-0.3, -0.25) is 0 Å². The third kappa shape index (κ3) is 2.17. The molecular formula is C11H12O2S. The highest BCUT2D eigenvalue weighted by atomic mass is 32.1. The van der Waals surface area contributed by atoms with Crippen molar-refractivity contribution in [2.75, 3.05) is 0 Å². The highest BCUT2D eigenvalue weighted by Gasteiger charge is 1.99. The average molecular weight is 208 g/mol. The molecule has 0 fully saturated rings. The Kier molecular flexibility index (Phi) is 3.77. The van der Waals surface area contributed by atoms with Gasteiger partial charge in [0.15, 0.2) is 0 Å². The van der Waals surface area contributed by atoms with E-state index in [2.05, 4.69) is 12.6 Å². The molecule has 2 nitrogen and oxygen atoms in total. The second-order valence-electron chi connectivity index (χ2n) is 2.46. The highest BCUT2D eigenvalue weighted by molar-refractivity contribution is 7.80. The number of rotatable bonds is 0. The smallest absolute Gasteiger partial charge is 0.349 e. The van der Waals surface area contributed by atoms with E-state index in [-0.39, 0.29) is 0 Å². The van der Waals surface area contributed by atoms with Crippen molar-refractivity contribution < 1.29 is 4.42 Å². The van der Waals surface area contributed by atoms with Crippen LogP contribution in [0.15, 0.2) is 44.4 Å². The van der Waals surface area contributed by atoms with Gasteiger partial charge in [-0.15, -0.1) is 12.6 Å². The fourth-order valence-electron chi connectivity index (χ4n) is 1.05. The van der Waals surface area contributed by atoms with Gasteiger partial charge >= 0.3 is 5.63 Å². The van der Waals surface area contributed by atoms with Crippen LogP contribution in [0, 0.1) is 0 Å². The topological polar surface area (TPSA) is 30.2 Å². The molecule has 1 aromatic carbocycles. The molecule has 0 atom stereocenters. The minimum absolute atomic E-state index is 0.341. The van der Waals surface area contributed by atoms with Crippen LogP contribution < -0.4 is 5.63 Å². The van der Waals surface area contributed by atoms with Crippen LogP contribution in [-0.4, -0.2) is 0 Å². The van der Waals surface area contributed by atoms with Gasteiger partial charge in [0.25, 0.3) is 0 Å². The molecule has 0 aliphatic carbocycles. The molecule has 0 N–H and O–H groups in total. The Labute approximate surface area is 88.0 Å². The lowest BCUT2D eigenvalue weighted by atomic mass is 10.2. The first kappa shape index (κ1) is 10.9. The number of hydrogen-bond acceptors (Lipinski definition) is 3. The molecular weight excluding hydrogens is 196 g/mol. The molecule has 0 spiro atoms. The van der Waals surface area contributed by atoms with Gasteiger partial charge in [0.2, 0.25) is 0 Å². The average Bonchev–Trinajstić information content (AvgIpc) is 2.23. The van der Waals surface area contributed by atoms with Crippen molar-refractivity contribution in [1.82, 2.24) is 0 Å². The lowest BCUT2D eigenvalue weighted by molar-refractivity contribution is 0.544. The summed E-state index contributed by atoms with van der Waals surface area (Å²) in [7, 11) is 0. The minimum Gasteiger partial charge on any atom is -0.422 e. The Morgan fingerprint density at radius 2 is 1.86 bits per heavy atom. The van der Waals surface area contributed by atoms with Crippen LogP contribution in [0.5, 0.6) is 0 Å². The van der Waals surface area contributed by atoms with Gasteiger partial charge in [0.1, 0.15) is 5.58 Å². The van der Waals surface area contributed by atoms with E-state index in [1.165, 1.54) is 0 Å². The number of para-hydroxylation sites is 1. The second-order valence-corrected chi connectivity index (χ2v) is 2.94. The van der Waals surface area contributed by atoms with E-state index in [9.17, 15) is 4.79 Å². The summed E-state index contributed by atoms with van der Waals surface area (Å²) in [6.45, 7) is 4.00. The Morgan fingerprint density at radius 1 is 1.21 bits per heavy atom. The molecule has 0 radical (unpaired) electrons. The van der Waals surface area contributed by atoms with Crippen LogP contribution >= 0.6 is 12.6 Å². The lowest BCUT2D eigenvalue weighted by Crippen LogP contribution is -1.98. The quantitative estimate of drug-likeness (QED) is 0.532. The van der Waals surface area contributed by atoms with E-state index in [1.807, 2.05) is 32.0 Å². The van der Waals surface area contributed by atoms with Crippen molar-refractivity contribution in [3.8, 4) is 0 Å². The summed E-state index contributed by atoms with van der Waals surface area (Å²) in [5, 5.41) is 0.891. The Morgan fingerprint density at radius 3 is 2.57 bits per heavy atom. The van der Waals surface area contributed by atoms with Gasteiger partial charge in [0, 0.05) is 5.39 Å². The normalized spacial score (nSPS) is 9.36. The van der Waals surface area contributed by atoms with Crippen molar-refractivity contribution in [3.05, 3.63) is 40.8 Å². The third-order valence-electron chi connectivity index (χ3n) is 1.62. The van der Waals surface area contributed by atoms with Crippen LogP contribution in [0.4, 0.5) is 0 Å². The zero-order valence-electron chi connectivity index (χ0n) is 8.15. The van der Waals surface area contributed by atoms with E-state index < -0.39 is 5.63 Å². The number of thiol groups is 1. The first-order valence-corrected chi connectivity index (χ1v) is 4.94. The fourth-order valence-corrected chi connectivity index (χ4v) is 1.24. The SMILES string of the molecule is CC.O=c1oc2ccccc2cc1S. The molecule has 74 valence electrons. The molecule has 0 bridgehead atoms. The van der Waals surface area contributed by atoms with E-state index in [0.717, 1.165) is 5.39 Å². The zero-order chi connectivity index (χ0) is 10.6. The van der Waals surface area contributed by atoms with Crippen molar-refractivity contribution in [2.45, 2.75) is 18.7 Å². The van der Waals surface area contributed by atoms with E-state index in [4.69, 9.17) is 4.42 Å². The van der Waals surface area contributed by atoms with Crippen molar-refractivity contribution in [3.63, 3.8) is 0 Å². The summed E-state index contributed by atoms with van der Waals surface area (Å²) < 4.78 is 4.96. The first-order valence-electron chi connectivity index (χ1n) is 4.49. The third-order valence-corrected chi connectivity index (χ3v) is 1.93. The fraction of sp³-hybridized carbons (Fsp3) is 0.182. The summed E-state index contributed by atoms with van der Waals surface area (Å²) in [5.74, 6) is 0. The lowest BCUT2D eigenvalue weighted by Gasteiger charge is -1.94. The molecule has 0 unspecified atom stereocenters. The highest BCUT2D eigenvalue weighted by Crippen LogP contribution is 2.13. The summed E-state index contributed by atoms with van der Waals surface area (Å²) >= 11 is 3.97. The Hall–Kier alpha value is -1.22. The predicted octanol–water partition coefficient (Wildman–Crippen LogP) is 3.11. The largest absolute Gasteiger partial charge is 0.422 e. The van der Waals surface area contributed by atoms with Crippen molar-refractivity contribution in [2.24, 2.45) is 0 Å². The van der Waals surface area contributed by atoms with Crippen LogP contribution in [-0.2, 0) is 0 Å². The van der Waals surface area contributed by atoms with Gasteiger partial charge < -0.3 is 4.42 Å². The molecule has 0 aliphatic heterocycles. The molecule has 3 heteroatoms. The zero-order valence-corrected chi connectivity index (χ0v) is 9.04. The van der Waals surface area contributed by atoms with Crippen LogP contribution in [0.3, 0.4) is 0 Å². The molecule has 1 aromatic heterocycles. The van der Waals surface area contributed by atoms with Gasteiger partial charge in [0.05, 0.1) is 4.90 Å². The van der Waals surface area contributed by atoms with Crippen molar-refractivity contribution in [1.29, 1.82) is 0 Å². The number of hydrogen-bond donors (Lipinski definition) is 1. The predicted molar refractivity (Wildman–Crippen MR) is 61.1 cm³/mol. The monoisotopic (exact) mass is 208 g/mol. The number of fused-ring (bicyclic) bond motifs is 1. The van der Waals surface area contributed by atoms with Gasteiger partial charge in [-0.1, -0.05) is 32.0 Å². The Bertz CT molecular complexity index is 474. The van der Waals surface area contributed by atoms with E-state index in [1.54, 1.807) is 12.1 Å². The summed E-state index contributed by atoms with van der Waals surface area (Å²) in [6, 6.07) is 9.03. The molecule has 2 aromatic rings. The molecule has 2 rings (SSSR count).